The van der Waals surface area contributed by atoms with Crippen LogP contribution >= 0.6 is 11.6 Å². The fourth-order valence-corrected chi connectivity index (χ4v) is 3.42. The molecule has 0 fully saturated rings. The van der Waals surface area contributed by atoms with Crippen molar-refractivity contribution in [1.82, 2.24) is 5.32 Å². The van der Waals surface area contributed by atoms with Gasteiger partial charge in [0.05, 0.1) is 22.2 Å². The number of carbonyl (C=O) groups excluding carboxylic acids is 1. The van der Waals surface area contributed by atoms with Crippen LogP contribution in [0.2, 0.25) is 5.02 Å². The Hall–Kier alpha value is -1.93. The van der Waals surface area contributed by atoms with Gasteiger partial charge in [0.25, 0.3) is 0 Å². The molecule has 0 unspecified atom stereocenters. The summed E-state index contributed by atoms with van der Waals surface area (Å²) in [4.78, 5) is 12.1. The predicted octanol–water partition coefficient (Wildman–Crippen LogP) is 2.38. The normalized spacial score (nSPS) is 11.4. The third kappa shape index (κ3) is 5.81. The maximum Gasteiger partial charge on any atom is 0.238 e. The minimum Gasteiger partial charge on any atom is -0.323 e. The van der Waals surface area contributed by atoms with Gasteiger partial charge in [0.1, 0.15) is 0 Å². The average Bonchev–Trinajstić information content (AvgIpc) is 2.54. The van der Waals surface area contributed by atoms with Crippen LogP contribution in [0.5, 0.6) is 0 Å². The fraction of sp³-hybridized carbons (Fsp3) is 0.278. The molecular formula is C18H22ClN3O3S. The Morgan fingerprint density at radius 1 is 1.15 bits per heavy atom. The molecule has 4 N–H and O–H groups in total. The summed E-state index contributed by atoms with van der Waals surface area (Å²) in [5, 5.41) is 11.4. The van der Waals surface area contributed by atoms with Gasteiger partial charge in [-0.1, -0.05) is 29.8 Å². The van der Waals surface area contributed by atoms with Gasteiger partial charge in [-0.15, -0.1) is 0 Å². The molecule has 2 aromatic rings. The number of amides is 1. The lowest BCUT2D eigenvalue weighted by molar-refractivity contribution is -0.115. The summed E-state index contributed by atoms with van der Waals surface area (Å²) < 4.78 is 22.4. The summed E-state index contributed by atoms with van der Waals surface area (Å²) in [6.45, 7) is 4.57. The Morgan fingerprint density at radius 3 is 2.38 bits per heavy atom. The standard InChI is InChI=1S/C18H22ClN3O3S/c1-12-9-13(2)18(16(19)10-12)22-17(23)11-21-8-7-14-3-5-15(6-4-14)26(20,24)25/h3-6,9-10,21H,7-8,11H2,1-2H3,(H,22,23)(H2,20,24,25). The number of hydrogen-bond acceptors (Lipinski definition) is 4. The molecule has 2 rings (SSSR count). The second kappa shape index (κ2) is 8.64. The van der Waals surface area contributed by atoms with E-state index in [-0.39, 0.29) is 17.3 Å². The van der Waals surface area contributed by atoms with E-state index >= 15 is 0 Å². The van der Waals surface area contributed by atoms with Gasteiger partial charge in [0, 0.05) is 0 Å². The monoisotopic (exact) mass is 395 g/mol. The maximum absolute atomic E-state index is 12.1. The highest BCUT2D eigenvalue weighted by molar-refractivity contribution is 7.89. The third-order valence-corrected chi connectivity index (χ3v) is 5.05. The summed E-state index contributed by atoms with van der Waals surface area (Å²) in [5.74, 6) is -0.177. The van der Waals surface area contributed by atoms with Crippen LogP contribution in [0.3, 0.4) is 0 Å². The molecule has 26 heavy (non-hydrogen) atoms. The molecule has 0 aliphatic heterocycles. The van der Waals surface area contributed by atoms with Crippen LogP contribution in [0.4, 0.5) is 5.69 Å². The summed E-state index contributed by atoms with van der Waals surface area (Å²) in [7, 11) is -3.67. The van der Waals surface area contributed by atoms with Crippen LogP contribution in [-0.4, -0.2) is 27.4 Å². The van der Waals surface area contributed by atoms with Crippen LogP contribution in [0.15, 0.2) is 41.3 Å². The Labute approximate surface area is 158 Å². The van der Waals surface area contributed by atoms with E-state index in [0.29, 0.717) is 23.7 Å². The molecule has 6 nitrogen and oxygen atoms in total. The molecule has 0 radical (unpaired) electrons. The number of halogens is 1. The molecule has 140 valence electrons. The van der Waals surface area contributed by atoms with Crippen molar-refractivity contribution in [2.45, 2.75) is 25.2 Å². The highest BCUT2D eigenvalue weighted by atomic mass is 35.5. The maximum atomic E-state index is 12.1. The van der Waals surface area contributed by atoms with Gasteiger partial charge >= 0.3 is 0 Å². The Bertz CT molecular complexity index is 873. The molecule has 0 saturated carbocycles. The molecule has 1 amide bonds. The first kappa shape index (κ1) is 20.4. The lowest BCUT2D eigenvalue weighted by atomic mass is 10.1. The lowest BCUT2D eigenvalue weighted by Crippen LogP contribution is -2.29. The number of sulfonamides is 1. The van der Waals surface area contributed by atoms with Gasteiger partial charge in [-0.3, -0.25) is 4.79 Å². The first-order valence-corrected chi connectivity index (χ1v) is 9.98. The quantitative estimate of drug-likeness (QED) is 0.626. The first-order chi connectivity index (χ1) is 12.2. The fourth-order valence-electron chi connectivity index (χ4n) is 2.54. The molecule has 0 atom stereocenters. The Kier molecular flexibility index (Phi) is 6.77. The van der Waals surface area contributed by atoms with Gasteiger partial charge in [0.15, 0.2) is 0 Å². The van der Waals surface area contributed by atoms with E-state index in [9.17, 15) is 13.2 Å². The number of aryl methyl sites for hydroxylation is 2. The van der Waals surface area contributed by atoms with E-state index in [4.69, 9.17) is 16.7 Å². The predicted molar refractivity (Wildman–Crippen MR) is 104 cm³/mol. The van der Waals surface area contributed by atoms with Crippen molar-refractivity contribution in [1.29, 1.82) is 0 Å². The van der Waals surface area contributed by atoms with E-state index in [1.165, 1.54) is 12.1 Å². The minimum atomic E-state index is -3.67. The van der Waals surface area contributed by atoms with Crippen molar-refractivity contribution in [3.8, 4) is 0 Å². The lowest BCUT2D eigenvalue weighted by Gasteiger charge is -2.12. The molecule has 0 saturated heterocycles. The molecule has 0 spiro atoms. The van der Waals surface area contributed by atoms with E-state index in [1.807, 2.05) is 26.0 Å². The highest BCUT2D eigenvalue weighted by Crippen LogP contribution is 2.27. The number of nitrogens with one attached hydrogen (secondary N) is 2. The molecule has 0 aliphatic rings. The minimum absolute atomic E-state index is 0.0823. The molecule has 0 aromatic heterocycles. The van der Waals surface area contributed by atoms with E-state index in [0.717, 1.165) is 16.7 Å². The van der Waals surface area contributed by atoms with Crippen LogP contribution in [0.25, 0.3) is 0 Å². The Balaban J connectivity index is 1.80. The van der Waals surface area contributed by atoms with Crippen LogP contribution in [0, 0.1) is 13.8 Å². The SMILES string of the molecule is Cc1cc(C)c(NC(=O)CNCCc2ccc(S(N)(=O)=O)cc2)c(Cl)c1. The first-order valence-electron chi connectivity index (χ1n) is 8.06. The van der Waals surface area contributed by atoms with Crippen molar-refractivity contribution in [3.63, 3.8) is 0 Å². The Morgan fingerprint density at radius 2 is 1.81 bits per heavy atom. The van der Waals surface area contributed by atoms with Gasteiger partial charge in [-0.2, -0.15) is 0 Å². The number of carbonyl (C=O) groups is 1. The topological polar surface area (TPSA) is 101 Å². The number of primary sulfonamides is 1. The summed E-state index contributed by atoms with van der Waals surface area (Å²) in [6, 6.07) is 10.1. The van der Waals surface area contributed by atoms with Gasteiger partial charge in [-0.05, 0) is 61.7 Å². The molecule has 0 bridgehead atoms. The van der Waals surface area contributed by atoms with E-state index < -0.39 is 10.0 Å². The summed E-state index contributed by atoms with van der Waals surface area (Å²) in [5.41, 5.74) is 3.53. The van der Waals surface area contributed by atoms with Gasteiger partial charge in [-0.25, -0.2) is 13.6 Å². The van der Waals surface area contributed by atoms with Crippen molar-refractivity contribution in [2.24, 2.45) is 5.14 Å². The number of anilines is 1. The molecule has 2 aromatic carbocycles. The van der Waals surface area contributed by atoms with E-state index in [1.54, 1.807) is 12.1 Å². The van der Waals surface area contributed by atoms with Crippen molar-refractivity contribution in [2.75, 3.05) is 18.4 Å². The number of rotatable bonds is 7. The smallest absolute Gasteiger partial charge is 0.238 e. The number of benzene rings is 2. The molecule has 0 aliphatic carbocycles. The number of nitrogens with two attached hydrogens (primary N) is 1. The zero-order valence-corrected chi connectivity index (χ0v) is 16.2. The second-order valence-electron chi connectivity index (χ2n) is 6.10. The summed E-state index contributed by atoms with van der Waals surface area (Å²) >= 11 is 6.18. The highest BCUT2D eigenvalue weighted by Gasteiger charge is 2.09. The molecular weight excluding hydrogens is 374 g/mol. The van der Waals surface area contributed by atoms with Crippen LogP contribution in [-0.2, 0) is 21.2 Å². The van der Waals surface area contributed by atoms with E-state index in [2.05, 4.69) is 10.6 Å². The number of hydrogen-bond donors (Lipinski definition) is 3. The molecule has 0 heterocycles. The van der Waals surface area contributed by atoms with Gasteiger partial charge < -0.3 is 10.6 Å². The van der Waals surface area contributed by atoms with Crippen molar-refractivity contribution in [3.05, 3.63) is 58.1 Å². The third-order valence-electron chi connectivity index (χ3n) is 3.82. The van der Waals surface area contributed by atoms with Crippen molar-refractivity contribution < 1.29 is 13.2 Å². The zero-order chi connectivity index (χ0) is 19.3. The van der Waals surface area contributed by atoms with Gasteiger partial charge in [0.2, 0.25) is 15.9 Å². The van der Waals surface area contributed by atoms with Crippen LogP contribution < -0.4 is 15.8 Å². The van der Waals surface area contributed by atoms with Crippen LogP contribution in [0.1, 0.15) is 16.7 Å². The largest absolute Gasteiger partial charge is 0.323 e. The molecule has 8 heteroatoms. The zero-order valence-electron chi connectivity index (χ0n) is 14.7. The summed E-state index contributed by atoms with van der Waals surface area (Å²) in [6.07, 6.45) is 0.655. The second-order valence-corrected chi connectivity index (χ2v) is 8.07. The average molecular weight is 396 g/mol. The van der Waals surface area contributed by atoms with Crippen molar-refractivity contribution >= 4 is 33.2 Å².